The van der Waals surface area contributed by atoms with Crippen molar-refractivity contribution in [3.05, 3.63) is 71.8 Å². The Morgan fingerprint density at radius 1 is 0.649 bits per heavy atom. The van der Waals surface area contributed by atoms with Gasteiger partial charge in [0.2, 0.25) is 0 Å². The fourth-order valence-electron chi connectivity index (χ4n) is 2.81. The Bertz CT molecular complexity index is 867. The van der Waals surface area contributed by atoms with E-state index in [1.54, 1.807) is 41.5 Å². The molecule has 2 amide bonds. The Morgan fingerprint density at radius 2 is 1.00 bits per heavy atom. The smallest absolute Gasteiger partial charge is 0.441 e. The minimum absolute atomic E-state index is 0.186. The van der Waals surface area contributed by atoms with Crippen molar-refractivity contribution in [2.45, 2.75) is 72.4 Å². The second kappa shape index (κ2) is 14.5. The zero-order valence-corrected chi connectivity index (χ0v) is 22.7. The van der Waals surface area contributed by atoms with Crippen LogP contribution < -0.4 is 10.9 Å². The SMILES string of the molecule is CC(C)(C)OC(=O)N(NCCCNN(OCc1ccccc1)C(=O)OC(C)(C)C)OCc1ccccc1. The van der Waals surface area contributed by atoms with Crippen LogP contribution >= 0.6 is 0 Å². The summed E-state index contributed by atoms with van der Waals surface area (Å²) in [5, 5.41) is 1.99. The molecule has 0 unspecified atom stereocenters. The van der Waals surface area contributed by atoms with Crippen molar-refractivity contribution in [3.63, 3.8) is 0 Å². The fraction of sp³-hybridized carbons (Fsp3) is 0.481. The van der Waals surface area contributed by atoms with Crippen LogP contribution in [0.1, 0.15) is 59.1 Å². The molecule has 0 heterocycles. The number of amides is 2. The summed E-state index contributed by atoms with van der Waals surface area (Å²) in [6.45, 7) is 11.8. The van der Waals surface area contributed by atoms with Gasteiger partial charge in [-0.15, -0.1) is 10.3 Å². The Balaban J connectivity index is 1.89. The van der Waals surface area contributed by atoms with Gasteiger partial charge in [0.05, 0.1) is 0 Å². The number of carbonyl (C=O) groups excluding carboxylic acids is 2. The minimum atomic E-state index is -0.682. The number of nitrogens with one attached hydrogen (secondary N) is 2. The summed E-state index contributed by atoms with van der Waals surface area (Å²) < 4.78 is 10.9. The normalized spacial score (nSPS) is 11.6. The topological polar surface area (TPSA) is 102 Å². The lowest BCUT2D eigenvalue weighted by atomic mass is 10.2. The van der Waals surface area contributed by atoms with Crippen molar-refractivity contribution in [1.29, 1.82) is 0 Å². The summed E-state index contributed by atoms with van der Waals surface area (Å²) in [6, 6.07) is 19.0. The minimum Gasteiger partial charge on any atom is -0.441 e. The molecule has 0 aromatic heterocycles. The lowest BCUT2D eigenvalue weighted by Gasteiger charge is -2.28. The van der Waals surface area contributed by atoms with Gasteiger partial charge in [-0.25, -0.2) is 30.1 Å². The maximum Gasteiger partial charge on any atom is 0.450 e. The Morgan fingerprint density at radius 3 is 1.32 bits per heavy atom. The summed E-state index contributed by atoms with van der Waals surface area (Å²) in [5.74, 6) is 0. The first-order chi connectivity index (χ1) is 17.4. The average molecular weight is 517 g/mol. The zero-order valence-electron chi connectivity index (χ0n) is 22.7. The monoisotopic (exact) mass is 516 g/mol. The van der Waals surface area contributed by atoms with Crippen molar-refractivity contribution in [3.8, 4) is 0 Å². The molecule has 0 saturated carbocycles. The van der Waals surface area contributed by atoms with Gasteiger partial charge in [-0.3, -0.25) is 0 Å². The van der Waals surface area contributed by atoms with Crippen LogP contribution in [0.15, 0.2) is 60.7 Å². The van der Waals surface area contributed by atoms with Crippen LogP contribution in [0, 0.1) is 0 Å². The number of hydrogen-bond acceptors (Lipinski definition) is 8. The molecule has 0 aliphatic rings. The second-order valence-corrected chi connectivity index (χ2v) is 10.2. The highest BCUT2D eigenvalue weighted by Crippen LogP contribution is 2.12. The molecular formula is C27H40N4O6. The molecule has 37 heavy (non-hydrogen) atoms. The first-order valence-corrected chi connectivity index (χ1v) is 12.3. The Labute approximate surface area is 219 Å². The van der Waals surface area contributed by atoms with Gasteiger partial charge in [0, 0.05) is 13.1 Å². The molecule has 0 aliphatic carbocycles. The summed E-state index contributed by atoms with van der Waals surface area (Å²) in [7, 11) is 0. The highest BCUT2D eigenvalue weighted by Gasteiger charge is 2.24. The summed E-state index contributed by atoms with van der Waals surface area (Å²) in [5.41, 5.74) is 6.31. The van der Waals surface area contributed by atoms with E-state index in [1.807, 2.05) is 60.7 Å². The number of benzene rings is 2. The number of hydrazine groups is 2. The highest BCUT2D eigenvalue weighted by molar-refractivity contribution is 5.66. The van der Waals surface area contributed by atoms with Crippen molar-refractivity contribution < 1.29 is 28.7 Å². The van der Waals surface area contributed by atoms with Crippen molar-refractivity contribution in [2.24, 2.45) is 0 Å². The van der Waals surface area contributed by atoms with Crippen LogP contribution in [-0.4, -0.2) is 46.8 Å². The Kier molecular flexibility index (Phi) is 11.8. The van der Waals surface area contributed by atoms with Gasteiger partial charge < -0.3 is 9.47 Å². The van der Waals surface area contributed by atoms with Crippen molar-refractivity contribution in [1.82, 2.24) is 21.2 Å². The molecule has 0 atom stereocenters. The maximum absolute atomic E-state index is 12.6. The van der Waals surface area contributed by atoms with Crippen molar-refractivity contribution in [2.75, 3.05) is 13.1 Å². The standard InChI is InChI=1S/C27H40N4O6/c1-26(2,3)36-24(32)30(34-20-22-14-9-7-10-15-22)28-18-13-19-29-31(25(33)37-27(4,5)6)35-21-23-16-11-8-12-17-23/h7-12,14-17,28-29H,13,18-21H2,1-6H3. The first-order valence-electron chi connectivity index (χ1n) is 12.3. The number of nitrogens with zero attached hydrogens (tertiary/aromatic N) is 2. The van der Waals surface area contributed by atoms with E-state index in [-0.39, 0.29) is 13.2 Å². The number of ether oxygens (including phenoxy) is 2. The third-order valence-electron chi connectivity index (χ3n) is 4.39. The van der Waals surface area contributed by atoms with Gasteiger partial charge in [0.1, 0.15) is 24.4 Å². The molecule has 0 radical (unpaired) electrons. The predicted molar refractivity (Wildman–Crippen MR) is 139 cm³/mol. The van der Waals surface area contributed by atoms with Gasteiger partial charge in [-0.2, -0.15) is 0 Å². The fourth-order valence-corrected chi connectivity index (χ4v) is 2.81. The quantitative estimate of drug-likeness (QED) is 0.296. The van der Waals surface area contributed by atoms with Gasteiger partial charge in [0.25, 0.3) is 0 Å². The van der Waals surface area contributed by atoms with E-state index in [1.165, 1.54) is 0 Å². The molecule has 204 valence electrons. The van der Waals surface area contributed by atoms with E-state index in [2.05, 4.69) is 10.9 Å². The molecular weight excluding hydrogens is 476 g/mol. The predicted octanol–water partition coefficient (Wildman–Crippen LogP) is 5.12. The molecule has 2 aromatic carbocycles. The molecule has 2 rings (SSSR count). The molecule has 0 saturated heterocycles. The second-order valence-electron chi connectivity index (χ2n) is 10.2. The van der Waals surface area contributed by atoms with Gasteiger partial charge >= 0.3 is 12.2 Å². The molecule has 0 fully saturated rings. The van der Waals surface area contributed by atoms with E-state index in [4.69, 9.17) is 19.1 Å². The summed E-state index contributed by atoms with van der Waals surface area (Å²) >= 11 is 0. The molecule has 0 aliphatic heterocycles. The summed E-state index contributed by atoms with van der Waals surface area (Å²) in [4.78, 5) is 36.5. The van der Waals surface area contributed by atoms with Gasteiger partial charge in [-0.05, 0) is 59.1 Å². The number of hydroxylamine groups is 2. The number of carbonyl (C=O) groups is 2. The van der Waals surface area contributed by atoms with Crippen LogP contribution in [0.4, 0.5) is 9.59 Å². The highest BCUT2D eigenvalue weighted by atomic mass is 16.8. The van der Waals surface area contributed by atoms with E-state index in [0.29, 0.717) is 19.5 Å². The molecule has 2 aromatic rings. The Hall–Kier alpha value is -3.18. The van der Waals surface area contributed by atoms with Crippen LogP contribution in [0.25, 0.3) is 0 Å². The van der Waals surface area contributed by atoms with Crippen LogP contribution in [-0.2, 0) is 32.4 Å². The molecule has 0 spiro atoms. The molecule has 2 N–H and O–H groups in total. The van der Waals surface area contributed by atoms with Gasteiger partial charge in [0.15, 0.2) is 0 Å². The van der Waals surface area contributed by atoms with Crippen molar-refractivity contribution >= 4 is 12.2 Å². The summed E-state index contributed by atoms with van der Waals surface area (Å²) in [6.07, 6.45) is -0.793. The number of hydrogen-bond donors (Lipinski definition) is 2. The van der Waals surface area contributed by atoms with Gasteiger partial charge in [-0.1, -0.05) is 60.7 Å². The van der Waals surface area contributed by atoms with E-state index in [9.17, 15) is 9.59 Å². The van der Waals surface area contributed by atoms with E-state index < -0.39 is 23.4 Å². The first kappa shape index (κ1) is 30.0. The number of rotatable bonds is 12. The van der Waals surface area contributed by atoms with Crippen LogP contribution in [0.5, 0.6) is 0 Å². The lowest BCUT2D eigenvalue weighted by molar-refractivity contribution is -0.191. The van der Waals surface area contributed by atoms with Crippen LogP contribution in [0.3, 0.4) is 0 Å². The maximum atomic E-state index is 12.6. The van der Waals surface area contributed by atoms with Crippen LogP contribution in [0.2, 0.25) is 0 Å². The largest absolute Gasteiger partial charge is 0.450 e. The lowest BCUT2D eigenvalue weighted by Crippen LogP contribution is -2.48. The molecule has 10 nitrogen and oxygen atoms in total. The van der Waals surface area contributed by atoms with E-state index >= 15 is 0 Å². The molecule has 0 bridgehead atoms. The third-order valence-corrected chi connectivity index (χ3v) is 4.39. The molecule has 10 heteroatoms. The third kappa shape index (κ3) is 13.1. The average Bonchev–Trinajstić information content (AvgIpc) is 2.81. The van der Waals surface area contributed by atoms with E-state index in [0.717, 1.165) is 21.5 Å². The zero-order chi connectivity index (χ0) is 27.3.